The van der Waals surface area contributed by atoms with Gasteiger partial charge in [-0.25, -0.2) is 0 Å². The summed E-state index contributed by atoms with van der Waals surface area (Å²) in [6, 6.07) is 40.9. The molecule has 288 valence electrons. The van der Waals surface area contributed by atoms with Crippen molar-refractivity contribution in [3.63, 3.8) is 0 Å². The fraction of sp³-hybridized carbons (Fsp3) is 0.279. The highest BCUT2D eigenvalue weighted by Gasteiger charge is 2.43. The van der Waals surface area contributed by atoms with E-state index in [-0.39, 0.29) is 34.7 Å². The molecule has 1 aliphatic heterocycles. The summed E-state index contributed by atoms with van der Waals surface area (Å²) in [6.45, 7) is 11.2. The van der Waals surface area contributed by atoms with E-state index in [0.29, 0.717) is 18.8 Å². The maximum Gasteiger partial charge on any atom is 0.294 e. The molecule has 0 aromatic heterocycles. The molecule has 1 aliphatic rings. The van der Waals surface area contributed by atoms with Gasteiger partial charge in [0, 0.05) is 42.0 Å². The highest BCUT2D eigenvalue weighted by molar-refractivity contribution is 9.10. The monoisotopic (exact) mass is 882 g/mol. The molecule has 0 atom stereocenters. The minimum absolute atomic E-state index is 0.0354. The van der Waals surface area contributed by atoms with Crippen LogP contribution in [-0.4, -0.2) is 55.4 Å². The Balaban J connectivity index is 0.000000209. The van der Waals surface area contributed by atoms with Crippen LogP contribution in [0.25, 0.3) is 0 Å². The van der Waals surface area contributed by atoms with E-state index < -0.39 is 15.9 Å². The zero-order chi connectivity index (χ0) is 40.0. The molecular formula is C43H48Br2O8S. The molecule has 1 fully saturated rings. The molecule has 3 N–H and O–H groups in total. The van der Waals surface area contributed by atoms with Crippen molar-refractivity contribution in [1.29, 1.82) is 0 Å². The lowest BCUT2D eigenvalue weighted by molar-refractivity contribution is -0.284. The van der Waals surface area contributed by atoms with Gasteiger partial charge in [-0.15, -0.1) is 0 Å². The summed E-state index contributed by atoms with van der Waals surface area (Å²) in [5, 5.41) is 16.9. The Hall–Kier alpha value is -3.52. The number of aliphatic hydroxyl groups excluding tert-OH is 2. The van der Waals surface area contributed by atoms with Gasteiger partial charge in [0.1, 0.15) is 0 Å². The van der Waals surface area contributed by atoms with Gasteiger partial charge in [0.2, 0.25) is 5.79 Å². The van der Waals surface area contributed by atoms with Gasteiger partial charge in [0.15, 0.2) is 5.78 Å². The average Bonchev–Trinajstić information content (AvgIpc) is 3.17. The Kier molecular flexibility index (Phi) is 17.0. The van der Waals surface area contributed by atoms with Gasteiger partial charge in [-0.1, -0.05) is 150 Å². The summed E-state index contributed by atoms with van der Waals surface area (Å²) < 4.78 is 44.1. The third-order valence-electron chi connectivity index (χ3n) is 8.03. The maximum absolute atomic E-state index is 11.9. The fourth-order valence-electron chi connectivity index (χ4n) is 4.62. The number of benzene rings is 5. The summed E-state index contributed by atoms with van der Waals surface area (Å²) in [7, 11) is -4.02. The first-order valence-electron chi connectivity index (χ1n) is 17.1. The van der Waals surface area contributed by atoms with Gasteiger partial charge in [0.05, 0.1) is 31.3 Å². The Morgan fingerprint density at radius 2 is 1.07 bits per heavy atom. The zero-order valence-corrected chi connectivity index (χ0v) is 35.1. The van der Waals surface area contributed by atoms with Gasteiger partial charge in [-0.05, 0) is 55.5 Å². The van der Waals surface area contributed by atoms with Crippen LogP contribution in [0.15, 0.2) is 147 Å². The predicted molar refractivity (Wildman–Crippen MR) is 220 cm³/mol. The number of hydrogen-bond acceptors (Lipinski definition) is 7. The Bertz CT molecular complexity index is 1970. The second-order valence-corrected chi connectivity index (χ2v) is 17.5. The third-order valence-corrected chi connectivity index (χ3v) is 9.95. The molecule has 0 unspecified atom stereocenters. The molecule has 5 aromatic rings. The number of rotatable bonds is 7. The molecule has 54 heavy (non-hydrogen) atoms. The van der Waals surface area contributed by atoms with E-state index >= 15 is 0 Å². The zero-order valence-electron chi connectivity index (χ0n) is 31.1. The normalized spacial score (nSPS) is 14.5. The Morgan fingerprint density at radius 3 is 1.50 bits per heavy atom. The Labute approximate surface area is 336 Å². The van der Waals surface area contributed by atoms with Crippen LogP contribution in [-0.2, 0) is 25.4 Å². The van der Waals surface area contributed by atoms with E-state index in [2.05, 4.69) is 70.0 Å². The van der Waals surface area contributed by atoms with Crippen LogP contribution >= 0.6 is 31.9 Å². The summed E-state index contributed by atoms with van der Waals surface area (Å²) in [4.78, 5) is 11.9. The summed E-state index contributed by atoms with van der Waals surface area (Å²) in [5.74, 6) is -0.750. The topological polar surface area (TPSA) is 130 Å². The van der Waals surface area contributed by atoms with E-state index in [1.807, 2.05) is 91.9 Å². The standard InChI is InChI=1S/C18H19BrO2.C13H9BrO.C7H8O3S.C5H12O2/c1-17(2)12-20-18(21-13-17,14-6-4-3-5-7-14)15-8-10-16(19)11-9-15;14-12-8-6-11(7-9-12)13(15)10-4-2-1-3-5-10;1-6-2-4-7(5-3-6)11(8,9)10;1-5(2,3-6)4-7/h3-11H,12-13H2,1-2H3;1-9H;2-5H,1H3,(H,8,9,10);6-7H,3-4H2,1-2H3. The van der Waals surface area contributed by atoms with E-state index in [9.17, 15) is 13.2 Å². The van der Waals surface area contributed by atoms with Crippen LogP contribution in [0.2, 0.25) is 0 Å². The first-order valence-corrected chi connectivity index (χ1v) is 20.1. The number of ketones is 1. The van der Waals surface area contributed by atoms with E-state index in [0.717, 1.165) is 31.2 Å². The molecule has 11 heteroatoms. The second kappa shape index (κ2) is 20.4. The summed E-state index contributed by atoms with van der Waals surface area (Å²) in [5.41, 5.74) is 4.17. The number of halogens is 2. The number of aryl methyl sites for hydroxylation is 1. The maximum atomic E-state index is 11.9. The lowest BCUT2D eigenvalue weighted by Gasteiger charge is -2.44. The van der Waals surface area contributed by atoms with Gasteiger partial charge >= 0.3 is 0 Å². The summed E-state index contributed by atoms with van der Waals surface area (Å²) >= 11 is 6.82. The lowest BCUT2D eigenvalue weighted by atomic mass is 9.90. The van der Waals surface area contributed by atoms with E-state index in [1.165, 1.54) is 12.1 Å². The van der Waals surface area contributed by atoms with E-state index in [4.69, 9.17) is 24.2 Å². The first kappa shape index (κ1) is 44.9. The molecule has 1 saturated heterocycles. The number of carbonyl (C=O) groups excluding carboxylic acids is 1. The third kappa shape index (κ3) is 14.0. The molecule has 0 spiro atoms. The highest BCUT2D eigenvalue weighted by atomic mass is 79.9. The quantitative estimate of drug-likeness (QED) is 0.109. The number of hydrogen-bond donors (Lipinski definition) is 3. The molecule has 0 radical (unpaired) electrons. The van der Waals surface area contributed by atoms with Crippen LogP contribution in [0.1, 0.15) is 60.3 Å². The van der Waals surface area contributed by atoms with Crippen molar-refractivity contribution < 1.29 is 37.5 Å². The largest absolute Gasteiger partial charge is 0.396 e. The van der Waals surface area contributed by atoms with Crippen molar-refractivity contribution in [3.05, 3.63) is 170 Å². The number of carbonyl (C=O) groups is 1. The number of aliphatic hydroxyl groups is 2. The van der Waals surface area contributed by atoms with Crippen molar-refractivity contribution in [3.8, 4) is 0 Å². The molecule has 0 bridgehead atoms. The fourth-order valence-corrected chi connectivity index (χ4v) is 5.63. The van der Waals surface area contributed by atoms with Crippen molar-refractivity contribution in [2.45, 2.75) is 45.3 Å². The molecule has 6 rings (SSSR count). The minimum Gasteiger partial charge on any atom is -0.396 e. The van der Waals surface area contributed by atoms with Gasteiger partial charge < -0.3 is 19.7 Å². The van der Waals surface area contributed by atoms with Crippen molar-refractivity contribution >= 4 is 47.8 Å². The molecule has 0 saturated carbocycles. The van der Waals surface area contributed by atoms with Crippen LogP contribution < -0.4 is 0 Å². The van der Waals surface area contributed by atoms with Gasteiger partial charge in [0.25, 0.3) is 10.1 Å². The predicted octanol–water partition coefficient (Wildman–Crippen LogP) is 9.64. The Morgan fingerprint density at radius 1 is 0.667 bits per heavy atom. The minimum atomic E-state index is -4.02. The van der Waals surface area contributed by atoms with Crippen molar-refractivity contribution in [2.75, 3.05) is 26.4 Å². The SMILES string of the molecule is CC(C)(CO)CO.CC1(C)COC(c2ccccc2)(c2ccc(Br)cc2)OC1.Cc1ccc(S(=O)(=O)O)cc1.O=C(c1ccccc1)c1ccc(Br)cc1. The van der Waals surface area contributed by atoms with Gasteiger partial charge in [-0.3, -0.25) is 9.35 Å². The second-order valence-electron chi connectivity index (χ2n) is 14.2. The molecule has 0 amide bonds. The first-order chi connectivity index (χ1) is 25.4. The molecular weight excluding hydrogens is 836 g/mol. The van der Waals surface area contributed by atoms with Gasteiger partial charge in [-0.2, -0.15) is 8.42 Å². The molecule has 5 aromatic carbocycles. The number of ether oxygens (including phenoxy) is 2. The van der Waals surface area contributed by atoms with Crippen LogP contribution in [0.3, 0.4) is 0 Å². The molecule has 1 heterocycles. The van der Waals surface area contributed by atoms with Crippen LogP contribution in [0.5, 0.6) is 0 Å². The summed E-state index contributed by atoms with van der Waals surface area (Å²) in [6.07, 6.45) is 0. The smallest absolute Gasteiger partial charge is 0.294 e. The highest BCUT2D eigenvalue weighted by Crippen LogP contribution is 2.41. The molecule has 0 aliphatic carbocycles. The lowest BCUT2D eigenvalue weighted by Crippen LogP contribution is -2.46. The van der Waals surface area contributed by atoms with Crippen LogP contribution in [0, 0.1) is 17.8 Å². The van der Waals surface area contributed by atoms with Crippen molar-refractivity contribution in [2.24, 2.45) is 10.8 Å². The average molecular weight is 885 g/mol. The van der Waals surface area contributed by atoms with Crippen molar-refractivity contribution in [1.82, 2.24) is 0 Å². The molecule has 8 nitrogen and oxygen atoms in total. The van der Waals surface area contributed by atoms with Crippen LogP contribution in [0.4, 0.5) is 0 Å². The van der Waals surface area contributed by atoms with E-state index in [1.54, 1.807) is 26.0 Å².